The predicted molar refractivity (Wildman–Crippen MR) is 80.7 cm³/mol. The van der Waals surface area contributed by atoms with Crippen LogP contribution in [0.2, 0.25) is 0 Å². The fraction of sp³-hybridized carbons (Fsp3) is 0.625. The third-order valence-corrected chi connectivity index (χ3v) is 4.14. The normalized spacial score (nSPS) is 25.0. The van der Waals surface area contributed by atoms with Crippen LogP contribution in [0.4, 0.5) is 4.39 Å². The number of aliphatic hydroxyl groups excluding tert-OH is 1. The van der Waals surface area contributed by atoms with Gasteiger partial charge >= 0.3 is 0 Å². The summed E-state index contributed by atoms with van der Waals surface area (Å²) >= 11 is 0. The van der Waals surface area contributed by atoms with Crippen LogP contribution in [-0.2, 0) is 4.74 Å². The van der Waals surface area contributed by atoms with Crippen molar-refractivity contribution in [1.82, 2.24) is 10.2 Å². The first-order valence-electron chi connectivity index (χ1n) is 7.53. The van der Waals surface area contributed by atoms with Gasteiger partial charge in [0.05, 0.1) is 19.3 Å². The summed E-state index contributed by atoms with van der Waals surface area (Å²) < 4.78 is 18.9. The molecular weight excluding hydrogens is 271 g/mol. The molecule has 118 valence electrons. The fourth-order valence-corrected chi connectivity index (χ4v) is 2.79. The van der Waals surface area contributed by atoms with Gasteiger partial charge in [0, 0.05) is 25.2 Å². The molecular formula is C16H25FN2O2. The minimum atomic E-state index is -0.201. The van der Waals surface area contributed by atoms with E-state index in [1.54, 1.807) is 12.1 Å². The van der Waals surface area contributed by atoms with Crippen LogP contribution in [0.5, 0.6) is 0 Å². The highest BCUT2D eigenvalue weighted by atomic mass is 19.1. The Kier molecular flexibility index (Phi) is 6.11. The van der Waals surface area contributed by atoms with Crippen LogP contribution < -0.4 is 5.32 Å². The van der Waals surface area contributed by atoms with Crippen LogP contribution in [0.3, 0.4) is 0 Å². The Balaban J connectivity index is 1.93. The van der Waals surface area contributed by atoms with Crippen LogP contribution in [-0.4, -0.2) is 55.5 Å². The molecule has 1 aliphatic rings. The lowest BCUT2D eigenvalue weighted by Gasteiger charge is -2.38. The number of rotatable bonds is 6. The van der Waals surface area contributed by atoms with Crippen molar-refractivity contribution in [1.29, 1.82) is 0 Å². The average molecular weight is 296 g/mol. The summed E-state index contributed by atoms with van der Waals surface area (Å²) in [7, 11) is 1.90. The highest BCUT2D eigenvalue weighted by Crippen LogP contribution is 2.20. The number of halogens is 1. The summed E-state index contributed by atoms with van der Waals surface area (Å²) in [6.07, 6.45) is 0.797. The van der Waals surface area contributed by atoms with Gasteiger partial charge in [-0.15, -0.1) is 0 Å². The number of benzene rings is 1. The summed E-state index contributed by atoms with van der Waals surface area (Å²) in [6, 6.07) is 7.21. The fourth-order valence-electron chi connectivity index (χ4n) is 2.79. The van der Waals surface area contributed by atoms with Gasteiger partial charge in [0.1, 0.15) is 5.82 Å². The van der Waals surface area contributed by atoms with Crippen LogP contribution in [0.25, 0.3) is 0 Å². The lowest BCUT2D eigenvalue weighted by Crippen LogP contribution is -2.50. The van der Waals surface area contributed by atoms with Crippen LogP contribution in [0.15, 0.2) is 24.3 Å². The van der Waals surface area contributed by atoms with Crippen LogP contribution in [0.1, 0.15) is 24.9 Å². The lowest BCUT2D eigenvalue weighted by atomic mass is 10.0. The van der Waals surface area contributed by atoms with Crippen LogP contribution in [0, 0.1) is 5.82 Å². The zero-order chi connectivity index (χ0) is 15.2. The summed E-state index contributed by atoms with van der Waals surface area (Å²) in [5.41, 5.74) is 0.970. The van der Waals surface area contributed by atoms with Crippen molar-refractivity contribution in [3.8, 4) is 0 Å². The maximum absolute atomic E-state index is 13.3. The molecule has 0 saturated carbocycles. The number of hydrogen-bond donors (Lipinski definition) is 2. The summed E-state index contributed by atoms with van der Waals surface area (Å²) in [5.74, 6) is -0.201. The van der Waals surface area contributed by atoms with Crippen molar-refractivity contribution in [2.24, 2.45) is 0 Å². The van der Waals surface area contributed by atoms with E-state index in [1.165, 1.54) is 6.07 Å². The Bertz CT molecular complexity index is 444. The Labute approximate surface area is 125 Å². The van der Waals surface area contributed by atoms with E-state index in [4.69, 9.17) is 4.74 Å². The first-order valence-corrected chi connectivity index (χ1v) is 7.53. The maximum atomic E-state index is 13.3. The number of aliphatic hydroxyl groups is 1. The molecule has 1 aromatic carbocycles. The standard InChI is InChI=1S/C16H25FN2O2/c1-12-11-21-15(10-20)9-19(12)7-6-16(18-2)13-4-3-5-14(17)8-13/h3-5,8,12,15-16,18,20H,6-7,9-11H2,1-2H3. The first kappa shape index (κ1) is 16.4. The van der Waals surface area contributed by atoms with Gasteiger partial charge < -0.3 is 15.2 Å². The third-order valence-electron chi connectivity index (χ3n) is 4.14. The molecule has 5 heteroatoms. The molecule has 0 amide bonds. The largest absolute Gasteiger partial charge is 0.394 e. The molecule has 1 fully saturated rings. The Morgan fingerprint density at radius 3 is 3.00 bits per heavy atom. The van der Waals surface area contributed by atoms with Crippen molar-refractivity contribution in [2.75, 3.05) is 33.4 Å². The molecule has 2 rings (SSSR count). The second kappa shape index (κ2) is 7.84. The molecule has 21 heavy (non-hydrogen) atoms. The van der Waals surface area contributed by atoms with Gasteiger partial charge in [0.15, 0.2) is 0 Å². The SMILES string of the molecule is CNC(CCN1CC(CO)OCC1C)c1cccc(F)c1. The van der Waals surface area contributed by atoms with Gasteiger partial charge in [0.25, 0.3) is 0 Å². The van der Waals surface area contributed by atoms with Crippen LogP contribution >= 0.6 is 0 Å². The van der Waals surface area contributed by atoms with Gasteiger partial charge in [-0.3, -0.25) is 4.90 Å². The molecule has 1 saturated heterocycles. The molecule has 0 radical (unpaired) electrons. The molecule has 0 spiro atoms. The summed E-state index contributed by atoms with van der Waals surface area (Å²) in [5, 5.41) is 12.5. The van der Waals surface area contributed by atoms with Crippen molar-refractivity contribution >= 4 is 0 Å². The molecule has 1 aliphatic heterocycles. The summed E-state index contributed by atoms with van der Waals surface area (Å²) in [4.78, 5) is 2.33. The highest BCUT2D eigenvalue weighted by Gasteiger charge is 2.26. The number of morpholine rings is 1. The molecule has 0 aliphatic carbocycles. The Morgan fingerprint density at radius 1 is 1.52 bits per heavy atom. The third kappa shape index (κ3) is 4.48. The van der Waals surface area contributed by atoms with Gasteiger partial charge in [-0.1, -0.05) is 12.1 Å². The van der Waals surface area contributed by atoms with Gasteiger partial charge in [-0.05, 0) is 38.1 Å². The minimum absolute atomic E-state index is 0.0581. The first-order chi connectivity index (χ1) is 10.1. The monoisotopic (exact) mass is 296 g/mol. The molecule has 2 N–H and O–H groups in total. The lowest BCUT2D eigenvalue weighted by molar-refractivity contribution is -0.0783. The number of hydrogen-bond acceptors (Lipinski definition) is 4. The Hall–Kier alpha value is -1.01. The van der Waals surface area contributed by atoms with E-state index in [-0.39, 0.29) is 24.6 Å². The van der Waals surface area contributed by atoms with Crippen molar-refractivity contribution in [3.05, 3.63) is 35.6 Å². The molecule has 1 aromatic rings. The van der Waals surface area contributed by atoms with Gasteiger partial charge in [0.2, 0.25) is 0 Å². The smallest absolute Gasteiger partial charge is 0.123 e. The van der Waals surface area contributed by atoms with E-state index < -0.39 is 0 Å². The zero-order valence-corrected chi connectivity index (χ0v) is 12.8. The Morgan fingerprint density at radius 2 is 2.33 bits per heavy atom. The predicted octanol–water partition coefficient (Wildman–Crippen LogP) is 1.56. The van der Waals surface area contributed by atoms with E-state index >= 15 is 0 Å². The van der Waals surface area contributed by atoms with E-state index in [0.29, 0.717) is 12.6 Å². The van der Waals surface area contributed by atoms with E-state index in [1.807, 2.05) is 13.1 Å². The second-order valence-electron chi connectivity index (χ2n) is 5.67. The van der Waals surface area contributed by atoms with Crippen molar-refractivity contribution in [3.63, 3.8) is 0 Å². The molecule has 4 nitrogen and oxygen atoms in total. The number of nitrogens with one attached hydrogen (secondary N) is 1. The number of nitrogens with zero attached hydrogens (tertiary/aromatic N) is 1. The molecule has 0 bridgehead atoms. The van der Waals surface area contributed by atoms with Gasteiger partial charge in [-0.25, -0.2) is 4.39 Å². The molecule has 3 atom stereocenters. The van der Waals surface area contributed by atoms with E-state index in [9.17, 15) is 9.50 Å². The highest BCUT2D eigenvalue weighted by molar-refractivity contribution is 5.20. The van der Waals surface area contributed by atoms with Crippen molar-refractivity contribution < 1.29 is 14.2 Å². The summed E-state index contributed by atoms with van der Waals surface area (Å²) in [6.45, 7) is 4.47. The zero-order valence-electron chi connectivity index (χ0n) is 12.8. The van der Waals surface area contributed by atoms with Crippen molar-refractivity contribution in [2.45, 2.75) is 31.5 Å². The maximum Gasteiger partial charge on any atom is 0.123 e. The number of ether oxygens (including phenoxy) is 1. The quantitative estimate of drug-likeness (QED) is 0.836. The van der Waals surface area contributed by atoms with E-state index in [2.05, 4.69) is 17.1 Å². The second-order valence-corrected chi connectivity index (χ2v) is 5.67. The average Bonchev–Trinajstić information content (AvgIpc) is 2.49. The molecule has 0 aromatic heterocycles. The topological polar surface area (TPSA) is 44.7 Å². The molecule has 3 unspecified atom stereocenters. The minimum Gasteiger partial charge on any atom is -0.394 e. The van der Waals surface area contributed by atoms with E-state index in [0.717, 1.165) is 25.1 Å². The molecule has 1 heterocycles. The van der Waals surface area contributed by atoms with Gasteiger partial charge in [-0.2, -0.15) is 0 Å².